The third kappa shape index (κ3) is 5.99. The molecule has 2 bridgehead atoms. The highest BCUT2D eigenvalue weighted by atomic mass is 19.1. The number of carbonyl (C=O) groups excluding carboxylic acids is 3. The molecule has 4 fully saturated rings. The van der Waals surface area contributed by atoms with E-state index >= 15 is 0 Å². The minimum absolute atomic E-state index is 0.0625. The van der Waals surface area contributed by atoms with Crippen LogP contribution in [0.1, 0.15) is 66.4 Å². The number of amides is 1. The summed E-state index contributed by atoms with van der Waals surface area (Å²) in [6.45, 7) is 10.3. The Morgan fingerprint density at radius 1 is 0.947 bits per heavy atom. The Morgan fingerprint density at radius 2 is 1.53 bits per heavy atom. The molecule has 1 amide bonds. The van der Waals surface area contributed by atoms with E-state index in [0.29, 0.717) is 5.75 Å². The van der Waals surface area contributed by atoms with Crippen LogP contribution in [0.4, 0.5) is 14.0 Å². The van der Waals surface area contributed by atoms with Gasteiger partial charge in [-0.25, -0.2) is 14.0 Å². The molecule has 38 heavy (non-hydrogen) atoms. The lowest BCUT2D eigenvalue weighted by Crippen LogP contribution is -2.68. The summed E-state index contributed by atoms with van der Waals surface area (Å²) in [5.74, 6) is 0.132. The molecule has 9 nitrogen and oxygen atoms in total. The molecule has 0 unspecified atom stereocenters. The number of halogens is 1. The molecule has 3 saturated carbocycles. The van der Waals surface area contributed by atoms with Crippen molar-refractivity contribution in [1.29, 1.82) is 0 Å². The standard InChI is InChI=1S/C28H38FNO8/c1-25(2,3)37-23(32)30-13-20(35-24(33)38-26(4,5)6)21(36-22(31)27-14-28(29,15-27)16-27)19(30)12-17-8-10-18(34-7)11-9-17/h8-11,19-21H,12-16H2,1-7H3/t19-,20+,21+,27?,28?/m1/s1. The van der Waals surface area contributed by atoms with Crippen LogP contribution in [-0.4, -0.2) is 71.9 Å². The van der Waals surface area contributed by atoms with Crippen molar-refractivity contribution in [3.05, 3.63) is 29.8 Å². The Balaban J connectivity index is 1.62. The Morgan fingerprint density at radius 3 is 2.03 bits per heavy atom. The molecule has 4 aliphatic rings. The molecular weight excluding hydrogens is 497 g/mol. The molecule has 210 valence electrons. The number of hydrogen-bond acceptors (Lipinski definition) is 8. The molecule has 1 aromatic carbocycles. The number of nitrogens with zero attached hydrogens (tertiary/aromatic N) is 1. The molecule has 1 aromatic rings. The van der Waals surface area contributed by atoms with Crippen molar-refractivity contribution in [1.82, 2.24) is 4.90 Å². The summed E-state index contributed by atoms with van der Waals surface area (Å²) >= 11 is 0. The molecule has 10 heteroatoms. The number of benzene rings is 1. The highest BCUT2D eigenvalue weighted by molar-refractivity contribution is 5.82. The molecule has 0 N–H and O–H groups in total. The zero-order valence-corrected chi connectivity index (χ0v) is 23.2. The molecule has 3 atom stereocenters. The first-order valence-electron chi connectivity index (χ1n) is 12.9. The quantitative estimate of drug-likeness (QED) is 0.371. The Labute approximate surface area is 222 Å². The fraction of sp³-hybridized carbons (Fsp3) is 0.679. The summed E-state index contributed by atoms with van der Waals surface area (Å²) < 4.78 is 42.0. The van der Waals surface area contributed by atoms with Gasteiger partial charge >= 0.3 is 18.2 Å². The molecule has 5 rings (SSSR count). The van der Waals surface area contributed by atoms with Gasteiger partial charge < -0.3 is 23.7 Å². The SMILES string of the molecule is COc1ccc(C[C@@H]2[C@H](OC(=O)C34CC(F)(C3)C4)[C@@H](OC(=O)OC(C)(C)C)CN2C(=O)OC(C)(C)C)cc1. The van der Waals surface area contributed by atoms with Gasteiger partial charge in [-0.2, -0.15) is 0 Å². The summed E-state index contributed by atoms with van der Waals surface area (Å²) in [5, 5.41) is 0. The van der Waals surface area contributed by atoms with Crippen LogP contribution in [-0.2, 0) is 30.2 Å². The molecule has 0 aromatic heterocycles. The van der Waals surface area contributed by atoms with E-state index in [0.717, 1.165) is 5.56 Å². The van der Waals surface area contributed by atoms with Crippen LogP contribution in [0.2, 0.25) is 0 Å². The maximum Gasteiger partial charge on any atom is 0.509 e. The van der Waals surface area contributed by atoms with Crippen LogP contribution in [0.25, 0.3) is 0 Å². The number of carbonyl (C=O) groups is 3. The van der Waals surface area contributed by atoms with E-state index in [2.05, 4.69) is 0 Å². The van der Waals surface area contributed by atoms with E-state index in [9.17, 15) is 18.8 Å². The van der Waals surface area contributed by atoms with Crippen LogP contribution < -0.4 is 4.74 Å². The van der Waals surface area contributed by atoms with Gasteiger partial charge in [0.15, 0.2) is 12.2 Å². The second-order valence-corrected chi connectivity index (χ2v) is 12.7. The number of esters is 1. The smallest absolute Gasteiger partial charge is 0.497 e. The van der Waals surface area contributed by atoms with Crippen molar-refractivity contribution in [3.63, 3.8) is 0 Å². The molecule has 1 aliphatic heterocycles. The van der Waals surface area contributed by atoms with Crippen LogP contribution in [0, 0.1) is 5.41 Å². The van der Waals surface area contributed by atoms with Crippen molar-refractivity contribution in [2.75, 3.05) is 13.7 Å². The van der Waals surface area contributed by atoms with Crippen LogP contribution in [0.3, 0.4) is 0 Å². The summed E-state index contributed by atoms with van der Waals surface area (Å²) in [6.07, 6.45) is -2.90. The highest BCUT2D eigenvalue weighted by Crippen LogP contribution is 2.70. The number of methoxy groups -OCH3 is 1. The van der Waals surface area contributed by atoms with Gasteiger partial charge in [0.05, 0.1) is 25.1 Å². The normalized spacial score (nSPS) is 30.0. The lowest BCUT2D eigenvalue weighted by Gasteiger charge is -2.63. The predicted molar refractivity (Wildman–Crippen MR) is 135 cm³/mol. The summed E-state index contributed by atoms with van der Waals surface area (Å²) in [7, 11) is 1.57. The van der Waals surface area contributed by atoms with Gasteiger partial charge in [-0.15, -0.1) is 0 Å². The minimum atomic E-state index is -1.29. The van der Waals surface area contributed by atoms with E-state index in [-0.39, 0.29) is 32.2 Å². The van der Waals surface area contributed by atoms with Crippen molar-refractivity contribution in [2.24, 2.45) is 5.41 Å². The number of alkyl halides is 1. The highest BCUT2D eigenvalue weighted by Gasteiger charge is 2.74. The third-order valence-corrected chi connectivity index (χ3v) is 7.03. The molecule has 0 radical (unpaired) electrons. The Kier molecular flexibility index (Phi) is 7.08. The van der Waals surface area contributed by atoms with Gasteiger partial charge in [-0.1, -0.05) is 12.1 Å². The average Bonchev–Trinajstić information content (AvgIpc) is 3.05. The van der Waals surface area contributed by atoms with Crippen molar-refractivity contribution in [3.8, 4) is 5.75 Å². The lowest BCUT2D eigenvalue weighted by molar-refractivity contribution is -0.238. The fourth-order valence-corrected chi connectivity index (χ4v) is 5.40. The average molecular weight is 536 g/mol. The van der Waals surface area contributed by atoms with Gasteiger partial charge in [0.1, 0.15) is 22.6 Å². The lowest BCUT2D eigenvalue weighted by atomic mass is 9.42. The van der Waals surface area contributed by atoms with Crippen molar-refractivity contribution < 1.29 is 42.5 Å². The number of rotatable bonds is 6. The fourth-order valence-electron chi connectivity index (χ4n) is 5.40. The zero-order valence-electron chi connectivity index (χ0n) is 23.2. The first-order valence-corrected chi connectivity index (χ1v) is 12.9. The number of likely N-dealkylation sites (tertiary alicyclic amines) is 1. The van der Waals surface area contributed by atoms with Crippen molar-refractivity contribution >= 4 is 18.2 Å². The maximum absolute atomic E-state index is 14.2. The number of hydrogen-bond donors (Lipinski definition) is 0. The van der Waals surface area contributed by atoms with Gasteiger partial charge in [-0.05, 0) is 84.9 Å². The number of ether oxygens (including phenoxy) is 5. The monoisotopic (exact) mass is 535 g/mol. The van der Waals surface area contributed by atoms with Gasteiger partial charge in [-0.3, -0.25) is 9.69 Å². The Hall–Kier alpha value is -3.04. The van der Waals surface area contributed by atoms with E-state index < -0.39 is 58.8 Å². The first kappa shape index (κ1) is 28.0. The van der Waals surface area contributed by atoms with E-state index in [1.165, 1.54) is 4.90 Å². The maximum atomic E-state index is 14.2. The van der Waals surface area contributed by atoms with Gasteiger partial charge in [0, 0.05) is 0 Å². The first-order chi connectivity index (χ1) is 17.5. The second-order valence-electron chi connectivity index (χ2n) is 12.7. The van der Waals surface area contributed by atoms with Crippen molar-refractivity contribution in [2.45, 2.75) is 102 Å². The second kappa shape index (κ2) is 9.61. The molecular formula is C28H38FNO8. The summed E-state index contributed by atoms with van der Waals surface area (Å²) in [4.78, 5) is 40.6. The van der Waals surface area contributed by atoms with E-state index in [1.54, 1.807) is 60.8 Å². The Bertz CT molecular complexity index is 1050. The molecule has 0 spiro atoms. The van der Waals surface area contributed by atoms with E-state index in [4.69, 9.17) is 23.7 Å². The summed E-state index contributed by atoms with van der Waals surface area (Å²) in [5.41, 5.74) is -2.88. The zero-order chi connectivity index (χ0) is 28.1. The van der Waals surface area contributed by atoms with Gasteiger partial charge in [0.2, 0.25) is 0 Å². The third-order valence-electron chi connectivity index (χ3n) is 7.03. The minimum Gasteiger partial charge on any atom is -0.497 e. The van der Waals surface area contributed by atoms with E-state index in [1.807, 2.05) is 12.1 Å². The van der Waals surface area contributed by atoms with Gasteiger partial charge in [0.25, 0.3) is 0 Å². The topological polar surface area (TPSA) is 101 Å². The van der Waals surface area contributed by atoms with Crippen LogP contribution in [0.15, 0.2) is 24.3 Å². The summed E-state index contributed by atoms with van der Waals surface area (Å²) in [6, 6.07) is 6.57. The molecule has 3 aliphatic carbocycles. The largest absolute Gasteiger partial charge is 0.509 e. The predicted octanol–water partition coefficient (Wildman–Crippen LogP) is 4.98. The van der Waals surface area contributed by atoms with Crippen LogP contribution >= 0.6 is 0 Å². The molecule has 1 saturated heterocycles. The molecule has 1 heterocycles. The van der Waals surface area contributed by atoms with Crippen LogP contribution in [0.5, 0.6) is 5.75 Å².